The second-order valence-electron chi connectivity index (χ2n) is 8.42. The zero-order chi connectivity index (χ0) is 24.2. The van der Waals surface area contributed by atoms with Gasteiger partial charge in [-0.25, -0.2) is 4.79 Å². The zero-order valence-electron chi connectivity index (χ0n) is 21.5. The Bertz CT molecular complexity index is 668. The van der Waals surface area contributed by atoms with Gasteiger partial charge >= 0.3 is 5.97 Å². The minimum absolute atomic E-state index is 0.406. The Morgan fingerprint density at radius 2 is 1.27 bits per heavy atom. The molecule has 0 aromatic heterocycles. The molecule has 0 spiro atoms. The molecule has 1 aromatic rings. The van der Waals surface area contributed by atoms with Gasteiger partial charge in [0.15, 0.2) is 11.5 Å². The number of methoxy groups -OCH3 is 1. The third-order valence-corrected chi connectivity index (χ3v) is 5.42. The number of carbonyl (C=O) groups is 1. The third-order valence-electron chi connectivity index (χ3n) is 5.42. The van der Waals surface area contributed by atoms with Crippen LogP contribution >= 0.6 is 0 Å². The molecule has 0 atom stereocenters. The minimum Gasteiger partial charge on any atom is -0.493 e. The van der Waals surface area contributed by atoms with E-state index >= 15 is 0 Å². The molecule has 0 aliphatic carbocycles. The van der Waals surface area contributed by atoms with E-state index in [1.807, 2.05) is 12.1 Å². The molecule has 0 saturated heterocycles. The number of hydrogen-bond donors (Lipinski definition) is 0. The number of rotatable bonds is 20. The van der Waals surface area contributed by atoms with Crippen LogP contribution in [0.25, 0.3) is 6.08 Å². The molecule has 5 heteroatoms. The molecule has 1 aromatic carbocycles. The second-order valence-corrected chi connectivity index (χ2v) is 8.42. The van der Waals surface area contributed by atoms with E-state index in [0.717, 1.165) is 49.8 Å². The average molecular weight is 463 g/mol. The van der Waals surface area contributed by atoms with Crippen LogP contribution in [0.15, 0.2) is 18.2 Å². The van der Waals surface area contributed by atoms with E-state index in [4.69, 9.17) is 18.9 Å². The van der Waals surface area contributed by atoms with Crippen molar-refractivity contribution in [3.05, 3.63) is 23.8 Å². The Hall–Kier alpha value is -2.17. The molecule has 0 amide bonds. The van der Waals surface area contributed by atoms with Crippen LogP contribution in [-0.2, 0) is 9.53 Å². The van der Waals surface area contributed by atoms with Crippen molar-refractivity contribution >= 4 is 12.0 Å². The van der Waals surface area contributed by atoms with Crippen molar-refractivity contribution in [2.45, 2.75) is 97.8 Å². The fourth-order valence-electron chi connectivity index (χ4n) is 3.43. The molecule has 0 aliphatic rings. The predicted molar refractivity (Wildman–Crippen MR) is 136 cm³/mol. The van der Waals surface area contributed by atoms with Crippen LogP contribution in [0.4, 0.5) is 0 Å². The monoisotopic (exact) mass is 462 g/mol. The number of carbonyl (C=O) groups excluding carboxylic acids is 1. The summed E-state index contributed by atoms with van der Waals surface area (Å²) in [5, 5.41) is 0. The smallest absolute Gasteiger partial charge is 0.330 e. The van der Waals surface area contributed by atoms with Crippen LogP contribution in [0.5, 0.6) is 17.2 Å². The van der Waals surface area contributed by atoms with Crippen LogP contribution in [0.1, 0.15) is 103 Å². The number of ether oxygens (including phenoxy) is 4. The largest absolute Gasteiger partial charge is 0.493 e. The van der Waals surface area contributed by atoms with E-state index in [0.29, 0.717) is 31.3 Å². The van der Waals surface area contributed by atoms with Crippen LogP contribution in [0.3, 0.4) is 0 Å². The van der Waals surface area contributed by atoms with Crippen molar-refractivity contribution in [1.29, 1.82) is 0 Å². The number of esters is 1. The molecule has 188 valence electrons. The lowest BCUT2D eigenvalue weighted by Gasteiger charge is -2.18. The lowest BCUT2D eigenvalue weighted by atomic mass is 10.1. The first kappa shape index (κ1) is 28.9. The Balaban J connectivity index is 3.05. The van der Waals surface area contributed by atoms with Crippen molar-refractivity contribution in [2.24, 2.45) is 0 Å². The van der Waals surface area contributed by atoms with Crippen LogP contribution in [0.2, 0.25) is 0 Å². The fourth-order valence-corrected chi connectivity index (χ4v) is 3.43. The van der Waals surface area contributed by atoms with Gasteiger partial charge in [-0.2, -0.15) is 0 Å². The zero-order valence-corrected chi connectivity index (χ0v) is 21.5. The SMILES string of the molecule is CCCCCCOc1cc(C=CC(=O)OC)c(OCCCCCC)c(OCCCCCC)c1. The highest BCUT2D eigenvalue weighted by atomic mass is 16.5. The van der Waals surface area contributed by atoms with Gasteiger partial charge in [-0.05, 0) is 31.4 Å². The summed E-state index contributed by atoms with van der Waals surface area (Å²) in [6, 6.07) is 3.85. The lowest BCUT2D eigenvalue weighted by Crippen LogP contribution is -2.06. The summed E-state index contributed by atoms with van der Waals surface area (Å²) in [5.41, 5.74) is 0.769. The predicted octanol–water partition coefficient (Wildman–Crippen LogP) is 7.75. The molecule has 5 nitrogen and oxygen atoms in total. The molecule has 0 saturated carbocycles. The van der Waals surface area contributed by atoms with E-state index in [1.54, 1.807) is 6.08 Å². The summed E-state index contributed by atoms with van der Waals surface area (Å²) in [7, 11) is 1.37. The topological polar surface area (TPSA) is 54.0 Å². The Labute approximate surface area is 201 Å². The van der Waals surface area contributed by atoms with E-state index in [9.17, 15) is 4.79 Å². The molecule has 0 bridgehead atoms. The number of hydrogen-bond acceptors (Lipinski definition) is 5. The molecule has 0 radical (unpaired) electrons. The first-order valence-electron chi connectivity index (χ1n) is 13.0. The first-order valence-corrected chi connectivity index (χ1v) is 13.0. The van der Waals surface area contributed by atoms with Crippen LogP contribution < -0.4 is 14.2 Å². The standard InChI is InChI=1S/C28H46O5/c1-5-8-11-14-19-31-25-22-24(17-18-27(29)30-4)28(33-21-16-13-10-7-3)26(23-25)32-20-15-12-9-6-2/h17-18,22-23H,5-16,19-21H2,1-4H3. The average Bonchev–Trinajstić information content (AvgIpc) is 2.83. The third kappa shape index (κ3) is 13.2. The maximum atomic E-state index is 11.7. The normalized spacial score (nSPS) is 11.0. The summed E-state index contributed by atoms with van der Waals surface area (Å²) < 4.78 is 23.2. The van der Waals surface area contributed by atoms with Gasteiger partial charge in [0.05, 0.1) is 26.9 Å². The molecule has 1 rings (SSSR count). The molecule has 0 fully saturated rings. The summed E-state index contributed by atoms with van der Waals surface area (Å²) in [5.74, 6) is 1.67. The van der Waals surface area contributed by atoms with Gasteiger partial charge in [-0.15, -0.1) is 0 Å². The maximum absolute atomic E-state index is 11.7. The Morgan fingerprint density at radius 3 is 1.82 bits per heavy atom. The molecular formula is C28H46O5. The van der Waals surface area contributed by atoms with E-state index in [2.05, 4.69) is 20.8 Å². The summed E-state index contributed by atoms with van der Waals surface area (Å²) in [6.45, 7) is 8.50. The van der Waals surface area contributed by atoms with Gasteiger partial charge in [0, 0.05) is 17.7 Å². The van der Waals surface area contributed by atoms with Gasteiger partial charge in [0.1, 0.15) is 5.75 Å². The van der Waals surface area contributed by atoms with Gasteiger partial charge < -0.3 is 18.9 Å². The molecule has 0 N–H and O–H groups in total. The molecule has 0 unspecified atom stereocenters. The van der Waals surface area contributed by atoms with Crippen LogP contribution in [-0.4, -0.2) is 32.9 Å². The van der Waals surface area contributed by atoms with Crippen molar-refractivity contribution in [3.8, 4) is 17.2 Å². The van der Waals surface area contributed by atoms with Crippen LogP contribution in [0, 0.1) is 0 Å². The van der Waals surface area contributed by atoms with Gasteiger partial charge in [-0.3, -0.25) is 0 Å². The van der Waals surface area contributed by atoms with E-state index in [1.165, 1.54) is 51.7 Å². The summed E-state index contributed by atoms with van der Waals surface area (Å²) in [6.07, 6.45) is 16.8. The van der Waals surface area contributed by atoms with Gasteiger partial charge in [0.25, 0.3) is 0 Å². The molecule has 0 heterocycles. The Kier molecular flexibility index (Phi) is 16.9. The van der Waals surface area contributed by atoms with Gasteiger partial charge in [-0.1, -0.05) is 78.6 Å². The maximum Gasteiger partial charge on any atom is 0.330 e. The highest BCUT2D eigenvalue weighted by Gasteiger charge is 2.14. The highest BCUT2D eigenvalue weighted by molar-refractivity contribution is 5.88. The molecule has 33 heavy (non-hydrogen) atoms. The van der Waals surface area contributed by atoms with Crippen molar-refractivity contribution in [2.75, 3.05) is 26.9 Å². The van der Waals surface area contributed by atoms with Gasteiger partial charge in [0.2, 0.25) is 0 Å². The van der Waals surface area contributed by atoms with Crippen molar-refractivity contribution < 1.29 is 23.7 Å². The highest BCUT2D eigenvalue weighted by Crippen LogP contribution is 2.37. The lowest BCUT2D eigenvalue weighted by molar-refractivity contribution is -0.134. The summed E-state index contributed by atoms with van der Waals surface area (Å²) >= 11 is 0. The van der Waals surface area contributed by atoms with E-state index in [-0.39, 0.29) is 0 Å². The first-order chi connectivity index (χ1) is 16.2. The second kappa shape index (κ2) is 19.3. The quantitative estimate of drug-likeness (QED) is 0.113. The minimum atomic E-state index is -0.406. The van der Waals surface area contributed by atoms with Crippen molar-refractivity contribution in [3.63, 3.8) is 0 Å². The van der Waals surface area contributed by atoms with E-state index < -0.39 is 5.97 Å². The Morgan fingerprint density at radius 1 is 0.727 bits per heavy atom. The molecular weight excluding hydrogens is 416 g/mol. The number of unbranched alkanes of at least 4 members (excludes halogenated alkanes) is 9. The number of benzene rings is 1. The molecule has 0 aliphatic heterocycles. The summed E-state index contributed by atoms with van der Waals surface area (Å²) in [4.78, 5) is 11.7. The fraction of sp³-hybridized carbons (Fsp3) is 0.679. The van der Waals surface area contributed by atoms with Crippen molar-refractivity contribution in [1.82, 2.24) is 0 Å².